The van der Waals surface area contributed by atoms with Crippen molar-refractivity contribution in [2.24, 2.45) is 11.5 Å². The summed E-state index contributed by atoms with van der Waals surface area (Å²) in [5, 5.41) is 16.3. The highest BCUT2D eigenvalue weighted by molar-refractivity contribution is 5.91. The van der Waals surface area contributed by atoms with Crippen molar-refractivity contribution in [1.29, 1.82) is 0 Å². The number of carbonyl (C=O) groups excluding carboxylic acids is 1. The fourth-order valence-corrected chi connectivity index (χ4v) is 1.59. The quantitative estimate of drug-likeness (QED) is 0.122. The van der Waals surface area contributed by atoms with Gasteiger partial charge in [0.1, 0.15) is 0 Å². The number of hydrogen-bond acceptors (Lipinski definition) is 7. The van der Waals surface area contributed by atoms with Crippen LogP contribution >= 0.6 is 0 Å². The first-order valence-corrected chi connectivity index (χ1v) is 7.91. The van der Waals surface area contributed by atoms with Gasteiger partial charge >= 0.3 is 0 Å². The molecule has 0 rings (SSSR count). The van der Waals surface area contributed by atoms with E-state index < -0.39 is 5.91 Å². The Morgan fingerprint density at radius 2 is 1.23 bits per heavy atom. The maximum Gasteiger partial charge on any atom is 0.245 e. The molecule has 0 aromatic carbocycles. The molecule has 130 valence electrons. The average Bonchev–Trinajstić information content (AvgIpc) is 2.50. The van der Waals surface area contributed by atoms with Crippen LogP contribution in [0.4, 0.5) is 0 Å². The summed E-state index contributed by atoms with van der Waals surface area (Å²) >= 11 is 0. The van der Waals surface area contributed by atoms with E-state index in [0.29, 0.717) is 12.1 Å². The predicted octanol–water partition coefficient (Wildman–Crippen LogP) is -2.72. The van der Waals surface area contributed by atoms with Crippen LogP contribution in [-0.2, 0) is 4.79 Å². The number of hydrogen-bond donors (Lipinski definition) is 7. The maximum atomic E-state index is 10.8. The van der Waals surface area contributed by atoms with E-state index in [1.807, 2.05) is 0 Å². The summed E-state index contributed by atoms with van der Waals surface area (Å²) in [6.45, 7) is 10.5. The molecule has 9 N–H and O–H groups in total. The van der Waals surface area contributed by atoms with Gasteiger partial charge in [0.25, 0.3) is 0 Å². The Hall–Kier alpha value is -1.19. The third-order valence-corrected chi connectivity index (χ3v) is 2.91. The molecular weight excluding hydrogens is 282 g/mol. The highest BCUT2D eigenvalue weighted by atomic mass is 16.1. The fraction of sp³-hybridized carbons (Fsp3) is 0.786. The Morgan fingerprint density at radius 3 is 1.64 bits per heavy atom. The molecule has 0 aliphatic rings. The lowest BCUT2D eigenvalue weighted by Crippen LogP contribution is -2.36. The largest absolute Gasteiger partial charge is 0.389 e. The van der Waals surface area contributed by atoms with Crippen LogP contribution in [0.25, 0.3) is 0 Å². The van der Waals surface area contributed by atoms with Crippen molar-refractivity contribution in [3.8, 4) is 0 Å². The fourth-order valence-electron chi connectivity index (χ4n) is 1.59. The molecule has 0 aromatic heterocycles. The first-order chi connectivity index (χ1) is 10.7. The first kappa shape index (κ1) is 20.8. The van der Waals surface area contributed by atoms with Crippen molar-refractivity contribution in [2.45, 2.75) is 6.92 Å². The van der Waals surface area contributed by atoms with Crippen molar-refractivity contribution in [3.63, 3.8) is 0 Å². The summed E-state index contributed by atoms with van der Waals surface area (Å²) in [5.74, 6) is -0.395. The van der Waals surface area contributed by atoms with Gasteiger partial charge in [-0.2, -0.15) is 0 Å². The number of primary amides is 1. The number of amides is 1. The monoisotopic (exact) mass is 315 g/mol. The molecule has 0 saturated heterocycles. The second-order valence-corrected chi connectivity index (χ2v) is 4.93. The highest BCUT2D eigenvalue weighted by Crippen LogP contribution is 1.85. The van der Waals surface area contributed by atoms with Crippen LogP contribution in [0.5, 0.6) is 0 Å². The zero-order valence-corrected chi connectivity index (χ0v) is 13.7. The molecule has 0 heterocycles. The van der Waals surface area contributed by atoms with Gasteiger partial charge in [-0.15, -0.1) is 0 Å². The molecule has 1 amide bonds. The molecule has 0 spiro atoms. The predicted molar refractivity (Wildman–Crippen MR) is 91.5 cm³/mol. The average molecular weight is 315 g/mol. The van der Waals surface area contributed by atoms with Crippen LogP contribution in [0.15, 0.2) is 11.8 Å². The Morgan fingerprint density at radius 1 is 0.818 bits per heavy atom. The summed E-state index contributed by atoms with van der Waals surface area (Å²) < 4.78 is 0. The molecule has 8 heteroatoms. The number of nitrogens with one attached hydrogen (secondary N) is 5. The van der Waals surface area contributed by atoms with Gasteiger partial charge in [0.05, 0.1) is 0 Å². The minimum absolute atomic E-state index is 0.395. The zero-order chi connectivity index (χ0) is 16.5. The lowest BCUT2D eigenvalue weighted by atomic mass is 10.3. The molecule has 0 unspecified atom stereocenters. The van der Waals surface area contributed by atoms with Crippen LogP contribution in [-0.4, -0.2) is 71.4 Å². The van der Waals surface area contributed by atoms with Gasteiger partial charge in [0, 0.05) is 77.2 Å². The van der Waals surface area contributed by atoms with Gasteiger partial charge in [-0.05, 0) is 6.92 Å². The van der Waals surface area contributed by atoms with Gasteiger partial charge < -0.3 is 38.1 Å². The summed E-state index contributed by atoms with van der Waals surface area (Å²) in [5.41, 5.74) is 11.0. The first-order valence-electron chi connectivity index (χ1n) is 7.91. The molecule has 8 nitrogen and oxygen atoms in total. The minimum atomic E-state index is -0.395. The highest BCUT2D eigenvalue weighted by Gasteiger charge is 1.94. The minimum Gasteiger partial charge on any atom is -0.389 e. The summed E-state index contributed by atoms with van der Waals surface area (Å²) in [6, 6.07) is 0. The van der Waals surface area contributed by atoms with Crippen LogP contribution in [0.1, 0.15) is 6.92 Å². The molecule has 0 aliphatic heterocycles. The maximum absolute atomic E-state index is 10.8. The number of nitrogens with two attached hydrogens (primary N) is 2. The van der Waals surface area contributed by atoms with Crippen molar-refractivity contribution in [3.05, 3.63) is 11.8 Å². The van der Waals surface area contributed by atoms with Crippen molar-refractivity contribution in [1.82, 2.24) is 26.6 Å². The van der Waals surface area contributed by atoms with Gasteiger partial charge in [-0.25, -0.2) is 0 Å². The molecule has 0 saturated carbocycles. The molecular formula is C14H33N7O. The Balaban J connectivity index is 3.12. The Bertz CT molecular complexity index is 297. The topological polar surface area (TPSA) is 129 Å². The van der Waals surface area contributed by atoms with Crippen molar-refractivity contribution < 1.29 is 4.79 Å². The summed E-state index contributed by atoms with van der Waals surface area (Å²) in [7, 11) is 0. The molecule has 22 heavy (non-hydrogen) atoms. The molecule has 0 aliphatic carbocycles. The molecule has 0 bridgehead atoms. The van der Waals surface area contributed by atoms with E-state index in [4.69, 9.17) is 11.5 Å². The molecule has 0 fully saturated rings. The van der Waals surface area contributed by atoms with Crippen LogP contribution < -0.4 is 38.1 Å². The van der Waals surface area contributed by atoms with E-state index in [9.17, 15) is 4.79 Å². The normalized spacial score (nSPS) is 11.6. The number of rotatable bonds is 16. The lowest BCUT2D eigenvalue weighted by molar-refractivity contribution is -0.114. The zero-order valence-electron chi connectivity index (χ0n) is 13.7. The van der Waals surface area contributed by atoms with Crippen LogP contribution in [0, 0.1) is 0 Å². The SMILES string of the molecule is CC(=CNCCNCCNCCNCCNCCN)C(N)=O. The molecule has 0 aromatic rings. The van der Waals surface area contributed by atoms with E-state index >= 15 is 0 Å². The van der Waals surface area contributed by atoms with Gasteiger partial charge in [0.15, 0.2) is 0 Å². The van der Waals surface area contributed by atoms with Crippen LogP contribution in [0.3, 0.4) is 0 Å². The standard InChI is InChI=1S/C14H33N7O/c1-13(14(16)22)12-21-11-10-20-9-8-19-7-6-18-5-4-17-3-2-15/h12,17-21H,2-11,15H2,1H3,(H2,16,22). The van der Waals surface area contributed by atoms with Crippen molar-refractivity contribution >= 4 is 5.91 Å². The second-order valence-electron chi connectivity index (χ2n) is 4.93. The van der Waals surface area contributed by atoms with Crippen LogP contribution in [0.2, 0.25) is 0 Å². The molecule has 0 atom stereocenters. The van der Waals surface area contributed by atoms with E-state index in [2.05, 4.69) is 26.6 Å². The third kappa shape index (κ3) is 15.2. The van der Waals surface area contributed by atoms with Gasteiger partial charge in [-0.3, -0.25) is 4.79 Å². The summed E-state index contributed by atoms with van der Waals surface area (Å²) in [6.07, 6.45) is 1.65. The van der Waals surface area contributed by atoms with E-state index in [-0.39, 0.29) is 0 Å². The van der Waals surface area contributed by atoms with E-state index in [1.165, 1.54) is 0 Å². The van der Waals surface area contributed by atoms with Gasteiger partial charge in [-0.1, -0.05) is 0 Å². The van der Waals surface area contributed by atoms with E-state index in [0.717, 1.165) is 58.9 Å². The molecule has 0 radical (unpaired) electrons. The van der Waals surface area contributed by atoms with Crippen molar-refractivity contribution in [2.75, 3.05) is 65.4 Å². The number of carbonyl (C=O) groups is 1. The Kier molecular flexibility index (Phi) is 15.3. The smallest absolute Gasteiger partial charge is 0.245 e. The second kappa shape index (κ2) is 16.2. The van der Waals surface area contributed by atoms with Gasteiger partial charge in [0.2, 0.25) is 5.91 Å². The summed E-state index contributed by atoms with van der Waals surface area (Å²) in [4.78, 5) is 10.8. The van der Waals surface area contributed by atoms with E-state index in [1.54, 1.807) is 13.1 Å². The Labute approximate surface area is 133 Å². The third-order valence-electron chi connectivity index (χ3n) is 2.91. The lowest BCUT2D eigenvalue weighted by Gasteiger charge is -2.08.